The molecule has 108 valence electrons. The molecule has 1 unspecified atom stereocenters. The molecule has 0 fully saturated rings. The average molecular weight is 282 g/mol. The topological polar surface area (TPSA) is 43.4 Å². The molecule has 0 radical (unpaired) electrons. The summed E-state index contributed by atoms with van der Waals surface area (Å²) in [6, 6.07) is 16.9. The standard InChI is InChI=1S/C18H18O3/c1-13(19)17(15-6-4-3-5-7-15)12-14-8-10-16(11-9-14)18(20)21-2/h3-11,17H,12H2,1-2H3. The lowest BCUT2D eigenvalue weighted by Gasteiger charge is -2.14. The van der Waals surface area contributed by atoms with Crippen molar-refractivity contribution in [2.24, 2.45) is 0 Å². The van der Waals surface area contributed by atoms with Crippen molar-refractivity contribution in [2.45, 2.75) is 19.3 Å². The molecule has 0 saturated heterocycles. The molecule has 0 saturated carbocycles. The summed E-state index contributed by atoms with van der Waals surface area (Å²) in [5, 5.41) is 0. The summed E-state index contributed by atoms with van der Waals surface area (Å²) in [4.78, 5) is 23.3. The lowest BCUT2D eigenvalue weighted by atomic mass is 9.89. The van der Waals surface area contributed by atoms with Crippen LogP contribution >= 0.6 is 0 Å². The first-order valence-electron chi connectivity index (χ1n) is 6.84. The highest BCUT2D eigenvalue weighted by molar-refractivity contribution is 5.89. The molecule has 0 aliphatic rings. The Kier molecular flexibility index (Phi) is 4.88. The largest absolute Gasteiger partial charge is 0.465 e. The number of ether oxygens (including phenoxy) is 1. The number of carbonyl (C=O) groups is 2. The molecular weight excluding hydrogens is 264 g/mol. The van der Waals surface area contributed by atoms with E-state index in [0.717, 1.165) is 11.1 Å². The van der Waals surface area contributed by atoms with Crippen LogP contribution < -0.4 is 0 Å². The maximum Gasteiger partial charge on any atom is 0.337 e. The van der Waals surface area contributed by atoms with Crippen LogP contribution in [0.15, 0.2) is 54.6 Å². The highest BCUT2D eigenvalue weighted by Crippen LogP contribution is 2.22. The number of rotatable bonds is 5. The van der Waals surface area contributed by atoms with Gasteiger partial charge in [0.15, 0.2) is 0 Å². The van der Waals surface area contributed by atoms with Gasteiger partial charge in [-0.15, -0.1) is 0 Å². The smallest absolute Gasteiger partial charge is 0.337 e. The quantitative estimate of drug-likeness (QED) is 0.789. The van der Waals surface area contributed by atoms with Gasteiger partial charge in [-0.2, -0.15) is 0 Å². The molecule has 0 aliphatic carbocycles. The van der Waals surface area contributed by atoms with Crippen LogP contribution in [-0.2, 0) is 16.0 Å². The fourth-order valence-corrected chi connectivity index (χ4v) is 2.31. The van der Waals surface area contributed by atoms with E-state index >= 15 is 0 Å². The molecule has 21 heavy (non-hydrogen) atoms. The van der Waals surface area contributed by atoms with Gasteiger partial charge in [-0.1, -0.05) is 42.5 Å². The van der Waals surface area contributed by atoms with Crippen molar-refractivity contribution in [3.05, 3.63) is 71.3 Å². The number of esters is 1. The van der Waals surface area contributed by atoms with E-state index in [2.05, 4.69) is 4.74 Å². The number of carbonyl (C=O) groups excluding carboxylic acids is 2. The second-order valence-electron chi connectivity index (χ2n) is 4.97. The van der Waals surface area contributed by atoms with E-state index in [4.69, 9.17) is 0 Å². The van der Waals surface area contributed by atoms with Gasteiger partial charge in [0.25, 0.3) is 0 Å². The summed E-state index contributed by atoms with van der Waals surface area (Å²) in [5.41, 5.74) is 2.55. The van der Waals surface area contributed by atoms with Crippen molar-refractivity contribution < 1.29 is 14.3 Å². The van der Waals surface area contributed by atoms with Crippen LogP contribution in [0.1, 0.15) is 34.3 Å². The van der Waals surface area contributed by atoms with Gasteiger partial charge in [0.05, 0.1) is 12.7 Å². The van der Waals surface area contributed by atoms with E-state index in [1.807, 2.05) is 42.5 Å². The van der Waals surface area contributed by atoms with Crippen molar-refractivity contribution in [3.8, 4) is 0 Å². The zero-order chi connectivity index (χ0) is 15.2. The number of benzene rings is 2. The summed E-state index contributed by atoms with van der Waals surface area (Å²) in [7, 11) is 1.36. The van der Waals surface area contributed by atoms with Crippen LogP contribution in [0.4, 0.5) is 0 Å². The molecule has 2 aromatic carbocycles. The molecule has 0 aliphatic heterocycles. The third-order valence-corrected chi connectivity index (χ3v) is 3.51. The minimum Gasteiger partial charge on any atom is -0.465 e. The molecule has 3 heteroatoms. The molecule has 0 N–H and O–H groups in total. The Morgan fingerprint density at radius 1 is 1.00 bits per heavy atom. The molecule has 1 atom stereocenters. The predicted molar refractivity (Wildman–Crippen MR) is 81.3 cm³/mol. The van der Waals surface area contributed by atoms with Crippen LogP contribution in [0.25, 0.3) is 0 Å². The molecule has 2 aromatic rings. The minimum absolute atomic E-state index is 0.137. The maximum absolute atomic E-state index is 11.9. The minimum atomic E-state index is -0.354. The van der Waals surface area contributed by atoms with Crippen molar-refractivity contribution in [3.63, 3.8) is 0 Å². The molecule has 0 spiro atoms. The first kappa shape index (κ1) is 15.0. The third-order valence-electron chi connectivity index (χ3n) is 3.51. The maximum atomic E-state index is 11.9. The highest BCUT2D eigenvalue weighted by atomic mass is 16.5. The van der Waals surface area contributed by atoms with E-state index in [0.29, 0.717) is 12.0 Å². The van der Waals surface area contributed by atoms with Gasteiger partial charge in [0, 0.05) is 5.92 Å². The fraction of sp³-hybridized carbons (Fsp3) is 0.222. The molecule has 0 aromatic heterocycles. The first-order valence-corrected chi connectivity index (χ1v) is 6.84. The molecule has 0 bridgehead atoms. The Labute approximate surface area is 124 Å². The van der Waals surface area contributed by atoms with E-state index in [1.165, 1.54) is 7.11 Å². The third kappa shape index (κ3) is 3.78. The molecule has 0 amide bonds. The number of hydrogen-bond acceptors (Lipinski definition) is 3. The van der Waals surface area contributed by atoms with E-state index in [9.17, 15) is 9.59 Å². The van der Waals surface area contributed by atoms with Crippen molar-refractivity contribution in [1.82, 2.24) is 0 Å². The average Bonchev–Trinajstić information content (AvgIpc) is 2.53. The Bertz CT molecular complexity index is 615. The van der Waals surface area contributed by atoms with Crippen molar-refractivity contribution in [2.75, 3.05) is 7.11 Å². The Balaban J connectivity index is 2.18. The van der Waals surface area contributed by atoms with Gasteiger partial charge in [-0.25, -0.2) is 4.79 Å². The van der Waals surface area contributed by atoms with Crippen molar-refractivity contribution >= 4 is 11.8 Å². The molecular formula is C18H18O3. The lowest BCUT2D eigenvalue weighted by molar-refractivity contribution is -0.118. The van der Waals surface area contributed by atoms with Crippen LogP contribution in [0.5, 0.6) is 0 Å². The Morgan fingerprint density at radius 3 is 2.14 bits per heavy atom. The number of methoxy groups -OCH3 is 1. The fourth-order valence-electron chi connectivity index (χ4n) is 2.31. The van der Waals surface area contributed by atoms with E-state index in [-0.39, 0.29) is 17.7 Å². The number of Topliss-reactive ketones (excluding diaryl/α,β-unsaturated/α-hetero) is 1. The van der Waals surface area contributed by atoms with E-state index in [1.54, 1.807) is 19.1 Å². The second kappa shape index (κ2) is 6.84. The van der Waals surface area contributed by atoms with Gasteiger partial charge in [0.1, 0.15) is 5.78 Å². The van der Waals surface area contributed by atoms with Crippen LogP contribution in [0, 0.1) is 0 Å². The van der Waals surface area contributed by atoms with Crippen molar-refractivity contribution in [1.29, 1.82) is 0 Å². The normalized spacial score (nSPS) is 11.7. The molecule has 2 rings (SSSR count). The van der Waals surface area contributed by atoms with Gasteiger partial charge in [-0.3, -0.25) is 4.79 Å². The van der Waals surface area contributed by atoms with Gasteiger partial charge in [0.2, 0.25) is 0 Å². The monoisotopic (exact) mass is 282 g/mol. The van der Waals surface area contributed by atoms with Crippen LogP contribution in [0.3, 0.4) is 0 Å². The summed E-state index contributed by atoms with van der Waals surface area (Å²) in [6.07, 6.45) is 0.626. The number of ketones is 1. The van der Waals surface area contributed by atoms with Gasteiger partial charge >= 0.3 is 5.97 Å². The van der Waals surface area contributed by atoms with Crippen LogP contribution in [0.2, 0.25) is 0 Å². The van der Waals surface area contributed by atoms with Gasteiger partial charge in [-0.05, 0) is 36.6 Å². The number of hydrogen-bond donors (Lipinski definition) is 0. The summed E-state index contributed by atoms with van der Waals surface area (Å²) < 4.78 is 4.67. The zero-order valence-corrected chi connectivity index (χ0v) is 12.2. The summed E-state index contributed by atoms with van der Waals surface area (Å²) in [5.74, 6) is -0.374. The predicted octanol–water partition coefficient (Wildman–Crippen LogP) is 3.39. The van der Waals surface area contributed by atoms with E-state index < -0.39 is 0 Å². The highest BCUT2D eigenvalue weighted by Gasteiger charge is 2.17. The summed E-state index contributed by atoms with van der Waals surface area (Å²) in [6.45, 7) is 1.61. The molecule has 3 nitrogen and oxygen atoms in total. The summed E-state index contributed by atoms with van der Waals surface area (Å²) >= 11 is 0. The van der Waals surface area contributed by atoms with Crippen LogP contribution in [-0.4, -0.2) is 18.9 Å². The Morgan fingerprint density at radius 2 is 1.62 bits per heavy atom. The zero-order valence-electron chi connectivity index (χ0n) is 12.2. The lowest BCUT2D eigenvalue weighted by Crippen LogP contribution is -2.12. The Hall–Kier alpha value is -2.42. The van der Waals surface area contributed by atoms with Gasteiger partial charge < -0.3 is 4.74 Å². The SMILES string of the molecule is COC(=O)c1ccc(CC(C(C)=O)c2ccccc2)cc1. The first-order chi connectivity index (χ1) is 10.1. The molecule has 0 heterocycles. The second-order valence-corrected chi connectivity index (χ2v) is 4.97.